The lowest BCUT2D eigenvalue weighted by Crippen LogP contribution is -2.41. The molecule has 1 N–H and O–H groups in total. The second kappa shape index (κ2) is 11.1. The molecule has 1 aromatic carbocycles. The van der Waals surface area contributed by atoms with Crippen LogP contribution in [0, 0.1) is 0 Å². The molecule has 1 aromatic heterocycles. The van der Waals surface area contributed by atoms with Crippen LogP contribution >= 0.6 is 0 Å². The van der Waals surface area contributed by atoms with Gasteiger partial charge in [-0.15, -0.1) is 0 Å². The Kier molecular flexibility index (Phi) is 8.46. The second-order valence-electron chi connectivity index (χ2n) is 6.90. The summed E-state index contributed by atoms with van der Waals surface area (Å²) in [5.41, 5.74) is 1.90. The monoisotopic (exact) mass is 383 g/mol. The topological polar surface area (TPSA) is 71.5 Å². The van der Waals surface area contributed by atoms with Crippen molar-refractivity contribution in [3.8, 4) is 5.75 Å². The van der Waals surface area contributed by atoms with Gasteiger partial charge in [-0.2, -0.15) is 0 Å². The summed E-state index contributed by atoms with van der Waals surface area (Å²) in [5, 5.41) is 2.78. The highest BCUT2D eigenvalue weighted by Crippen LogP contribution is 2.14. The summed E-state index contributed by atoms with van der Waals surface area (Å²) < 4.78 is 5.63. The number of carbonyl (C=O) groups excluding carboxylic acids is 2. The van der Waals surface area contributed by atoms with Crippen molar-refractivity contribution in [2.24, 2.45) is 0 Å². The van der Waals surface area contributed by atoms with Crippen molar-refractivity contribution in [2.45, 2.75) is 46.1 Å². The zero-order valence-electron chi connectivity index (χ0n) is 16.9. The fraction of sp³-hybridized carbons (Fsp3) is 0.409. The van der Waals surface area contributed by atoms with Gasteiger partial charge in [0.2, 0.25) is 5.91 Å². The van der Waals surface area contributed by atoms with Crippen LogP contribution in [0.3, 0.4) is 0 Å². The Morgan fingerprint density at radius 1 is 1.18 bits per heavy atom. The Hall–Kier alpha value is -2.89. The van der Waals surface area contributed by atoms with Crippen LogP contribution in [0.1, 0.15) is 39.2 Å². The average molecular weight is 383 g/mol. The van der Waals surface area contributed by atoms with Gasteiger partial charge in [0, 0.05) is 25.2 Å². The second-order valence-corrected chi connectivity index (χ2v) is 6.90. The zero-order chi connectivity index (χ0) is 20.4. The number of hydrogen-bond acceptors (Lipinski definition) is 4. The lowest BCUT2D eigenvalue weighted by molar-refractivity contribution is -0.135. The molecule has 0 radical (unpaired) electrons. The van der Waals surface area contributed by atoms with Crippen LogP contribution in [0.15, 0.2) is 48.8 Å². The molecule has 2 aromatic rings. The summed E-state index contributed by atoms with van der Waals surface area (Å²) in [5.74, 6) is 0.381. The molecule has 0 unspecified atom stereocenters. The predicted octanol–water partition coefficient (Wildman–Crippen LogP) is 3.68. The summed E-state index contributed by atoms with van der Waals surface area (Å²) in [6.45, 7) is 6.28. The van der Waals surface area contributed by atoms with Crippen LogP contribution in [0.2, 0.25) is 0 Å². The molecule has 28 heavy (non-hydrogen) atoms. The van der Waals surface area contributed by atoms with Crippen molar-refractivity contribution in [1.82, 2.24) is 9.88 Å². The van der Waals surface area contributed by atoms with Gasteiger partial charge >= 0.3 is 0 Å². The number of hydrogen-bond donors (Lipinski definition) is 1. The van der Waals surface area contributed by atoms with Crippen molar-refractivity contribution in [3.05, 3.63) is 54.4 Å². The van der Waals surface area contributed by atoms with E-state index in [1.54, 1.807) is 29.4 Å². The van der Waals surface area contributed by atoms with Crippen LogP contribution in [0.25, 0.3) is 0 Å². The van der Waals surface area contributed by atoms with E-state index in [4.69, 9.17) is 4.74 Å². The maximum absolute atomic E-state index is 12.6. The average Bonchev–Trinajstić information content (AvgIpc) is 2.68. The van der Waals surface area contributed by atoms with Crippen LogP contribution < -0.4 is 10.1 Å². The fourth-order valence-electron chi connectivity index (χ4n) is 2.82. The highest BCUT2D eigenvalue weighted by Gasteiger charge is 2.18. The fourth-order valence-corrected chi connectivity index (χ4v) is 2.82. The third kappa shape index (κ3) is 7.02. The van der Waals surface area contributed by atoms with E-state index in [1.807, 2.05) is 38.1 Å². The molecule has 0 aliphatic heterocycles. The molecule has 0 aliphatic rings. The molecule has 0 aliphatic carbocycles. The summed E-state index contributed by atoms with van der Waals surface area (Å²) in [7, 11) is 0. The van der Waals surface area contributed by atoms with Crippen LogP contribution in [-0.4, -0.2) is 40.9 Å². The number of amides is 2. The third-order valence-corrected chi connectivity index (χ3v) is 4.29. The third-order valence-electron chi connectivity index (χ3n) is 4.29. The first-order valence-electron chi connectivity index (χ1n) is 9.70. The molecule has 2 rings (SSSR count). The predicted molar refractivity (Wildman–Crippen MR) is 110 cm³/mol. The largest absolute Gasteiger partial charge is 0.484 e. The summed E-state index contributed by atoms with van der Waals surface area (Å²) in [6.07, 6.45) is 5.57. The van der Waals surface area contributed by atoms with Crippen molar-refractivity contribution in [3.63, 3.8) is 0 Å². The lowest BCUT2D eigenvalue weighted by atomic mass is 10.1. The maximum atomic E-state index is 12.6. The van der Waals surface area contributed by atoms with Crippen LogP contribution in [0.4, 0.5) is 5.69 Å². The Balaban J connectivity index is 1.83. The van der Waals surface area contributed by atoms with Crippen molar-refractivity contribution < 1.29 is 14.3 Å². The smallest absolute Gasteiger partial charge is 0.260 e. The van der Waals surface area contributed by atoms with Gasteiger partial charge in [0.15, 0.2) is 6.61 Å². The lowest BCUT2D eigenvalue weighted by Gasteiger charge is -2.26. The molecular weight excluding hydrogens is 354 g/mol. The number of aryl methyl sites for hydroxylation is 1. The van der Waals surface area contributed by atoms with Gasteiger partial charge in [0.1, 0.15) is 5.75 Å². The van der Waals surface area contributed by atoms with Crippen molar-refractivity contribution in [2.75, 3.05) is 18.5 Å². The van der Waals surface area contributed by atoms with Crippen LogP contribution in [0.5, 0.6) is 5.75 Å². The van der Waals surface area contributed by atoms with Crippen molar-refractivity contribution in [1.29, 1.82) is 0 Å². The number of nitrogens with zero attached hydrogens (tertiary/aromatic N) is 2. The highest BCUT2D eigenvalue weighted by molar-refractivity contribution is 5.91. The minimum absolute atomic E-state index is 0.0192. The maximum Gasteiger partial charge on any atom is 0.260 e. The molecule has 6 heteroatoms. The SMILES string of the molecule is CCCc1ccc(OCC(=O)N(CCC(=O)Nc2cccnc2)C(C)C)cc1. The minimum Gasteiger partial charge on any atom is -0.484 e. The van der Waals surface area contributed by atoms with E-state index in [0.29, 0.717) is 18.0 Å². The van der Waals surface area contributed by atoms with E-state index in [9.17, 15) is 9.59 Å². The number of benzene rings is 1. The number of pyridine rings is 1. The molecule has 6 nitrogen and oxygen atoms in total. The van der Waals surface area contributed by atoms with Gasteiger partial charge in [-0.1, -0.05) is 25.5 Å². The first-order chi connectivity index (χ1) is 13.5. The number of aromatic nitrogens is 1. The summed E-state index contributed by atoms with van der Waals surface area (Å²) in [4.78, 5) is 30.3. The number of carbonyl (C=O) groups is 2. The highest BCUT2D eigenvalue weighted by atomic mass is 16.5. The molecule has 0 saturated heterocycles. The first kappa shape index (κ1) is 21.4. The molecule has 0 fully saturated rings. The number of ether oxygens (including phenoxy) is 1. The minimum atomic E-state index is -0.154. The Morgan fingerprint density at radius 3 is 2.54 bits per heavy atom. The van der Waals surface area contributed by atoms with E-state index in [2.05, 4.69) is 17.2 Å². The molecule has 1 heterocycles. The number of nitrogens with one attached hydrogen (secondary N) is 1. The molecule has 150 valence electrons. The van der Waals surface area contributed by atoms with E-state index in [0.717, 1.165) is 12.8 Å². The van der Waals surface area contributed by atoms with E-state index in [-0.39, 0.29) is 30.9 Å². The number of anilines is 1. The zero-order valence-corrected chi connectivity index (χ0v) is 16.9. The Morgan fingerprint density at radius 2 is 1.93 bits per heavy atom. The molecule has 0 spiro atoms. The van der Waals surface area contributed by atoms with Crippen LogP contribution in [-0.2, 0) is 16.0 Å². The van der Waals surface area contributed by atoms with E-state index >= 15 is 0 Å². The van der Waals surface area contributed by atoms with Gasteiger partial charge in [-0.3, -0.25) is 14.6 Å². The normalized spacial score (nSPS) is 10.6. The van der Waals surface area contributed by atoms with E-state index in [1.165, 1.54) is 5.56 Å². The summed E-state index contributed by atoms with van der Waals surface area (Å²) >= 11 is 0. The van der Waals surface area contributed by atoms with Gasteiger partial charge in [0.25, 0.3) is 5.91 Å². The molecule has 0 saturated carbocycles. The summed E-state index contributed by atoms with van der Waals surface area (Å²) in [6, 6.07) is 11.3. The van der Waals surface area contributed by atoms with Gasteiger partial charge < -0.3 is 15.0 Å². The molecule has 0 bridgehead atoms. The quantitative estimate of drug-likeness (QED) is 0.679. The standard InChI is InChI=1S/C22H29N3O3/c1-4-6-18-8-10-20(11-9-18)28-16-22(27)25(17(2)3)14-12-21(26)24-19-7-5-13-23-15-19/h5,7-11,13,15,17H,4,6,12,14,16H2,1-3H3,(H,24,26). The van der Waals surface area contributed by atoms with Gasteiger partial charge in [0.05, 0.1) is 11.9 Å². The number of rotatable bonds is 10. The van der Waals surface area contributed by atoms with Gasteiger partial charge in [-0.05, 0) is 50.1 Å². The molecule has 0 atom stereocenters. The first-order valence-corrected chi connectivity index (χ1v) is 9.70. The van der Waals surface area contributed by atoms with E-state index < -0.39 is 0 Å². The Labute approximate surface area is 166 Å². The van der Waals surface area contributed by atoms with Gasteiger partial charge in [-0.25, -0.2) is 0 Å². The molecule has 2 amide bonds. The molecular formula is C22H29N3O3. The Bertz CT molecular complexity index is 745. The van der Waals surface area contributed by atoms with Crippen molar-refractivity contribution >= 4 is 17.5 Å².